The predicted molar refractivity (Wildman–Crippen MR) is 120 cm³/mol. The van der Waals surface area contributed by atoms with Gasteiger partial charge in [0.15, 0.2) is 11.5 Å². The first kappa shape index (κ1) is 20.7. The van der Waals surface area contributed by atoms with Crippen LogP contribution in [0.25, 0.3) is 6.08 Å². The number of carbonyl (C=O) groups excluding carboxylic acids is 2. The van der Waals surface area contributed by atoms with Crippen molar-refractivity contribution in [3.05, 3.63) is 99.7 Å². The number of ether oxygens (including phenoxy) is 2. The van der Waals surface area contributed by atoms with E-state index in [2.05, 4.69) is 26.6 Å². The van der Waals surface area contributed by atoms with Crippen LogP contribution in [0.1, 0.15) is 21.5 Å². The second-order valence-corrected chi connectivity index (χ2v) is 7.63. The predicted octanol–water partition coefficient (Wildman–Crippen LogP) is 4.27. The third kappa shape index (κ3) is 5.13. The van der Waals surface area contributed by atoms with Gasteiger partial charge in [0.25, 0.3) is 11.8 Å². The molecule has 0 aromatic heterocycles. The molecule has 0 saturated carbocycles. The zero-order valence-electron chi connectivity index (χ0n) is 16.4. The molecule has 0 unspecified atom stereocenters. The quantitative estimate of drug-likeness (QED) is 0.518. The van der Waals surface area contributed by atoms with Gasteiger partial charge >= 0.3 is 0 Å². The number of carbonyl (C=O) groups is 2. The van der Waals surface area contributed by atoms with Gasteiger partial charge in [0, 0.05) is 11.0 Å². The van der Waals surface area contributed by atoms with E-state index in [4.69, 9.17) is 9.47 Å². The maximum Gasteiger partial charge on any atom is 0.268 e. The summed E-state index contributed by atoms with van der Waals surface area (Å²) >= 11 is 3.37. The van der Waals surface area contributed by atoms with E-state index in [0.29, 0.717) is 33.6 Å². The van der Waals surface area contributed by atoms with Gasteiger partial charge in [-0.15, -0.1) is 0 Å². The summed E-state index contributed by atoms with van der Waals surface area (Å²) in [7, 11) is 0. The van der Waals surface area contributed by atoms with Gasteiger partial charge in [-0.3, -0.25) is 9.59 Å². The van der Waals surface area contributed by atoms with Gasteiger partial charge in [0.2, 0.25) is 6.79 Å². The van der Waals surface area contributed by atoms with Crippen molar-refractivity contribution in [3.63, 3.8) is 0 Å². The van der Waals surface area contributed by atoms with Crippen LogP contribution in [0.3, 0.4) is 0 Å². The first-order valence-electron chi connectivity index (χ1n) is 9.59. The van der Waals surface area contributed by atoms with Crippen molar-refractivity contribution in [1.29, 1.82) is 0 Å². The van der Waals surface area contributed by atoms with Crippen LogP contribution in [-0.4, -0.2) is 18.6 Å². The van der Waals surface area contributed by atoms with Gasteiger partial charge in [-0.25, -0.2) is 0 Å². The smallest absolute Gasteiger partial charge is 0.268 e. The van der Waals surface area contributed by atoms with E-state index in [-0.39, 0.29) is 12.5 Å². The lowest BCUT2D eigenvalue weighted by Crippen LogP contribution is -2.34. The number of hydrogen-bond donors (Lipinski definition) is 2. The fraction of sp³-hybridized carbons (Fsp3) is 0.0833. The Labute approximate surface area is 188 Å². The number of hydrogen-bond acceptors (Lipinski definition) is 4. The molecule has 7 heteroatoms. The van der Waals surface area contributed by atoms with Gasteiger partial charge in [0.05, 0.1) is 5.56 Å². The number of halogens is 1. The Balaban J connectivity index is 1.59. The summed E-state index contributed by atoms with van der Waals surface area (Å²) in [6.07, 6.45) is 1.61. The average Bonchev–Trinajstić information content (AvgIpc) is 3.26. The van der Waals surface area contributed by atoms with Crippen molar-refractivity contribution in [1.82, 2.24) is 10.6 Å². The van der Waals surface area contributed by atoms with Crippen LogP contribution in [0, 0.1) is 0 Å². The summed E-state index contributed by atoms with van der Waals surface area (Å²) < 4.78 is 11.4. The number of benzene rings is 3. The van der Waals surface area contributed by atoms with E-state index in [9.17, 15) is 9.59 Å². The molecule has 6 nitrogen and oxygen atoms in total. The summed E-state index contributed by atoms with van der Waals surface area (Å²) in [6, 6.07) is 21.9. The minimum absolute atomic E-state index is 0.121. The van der Waals surface area contributed by atoms with Crippen LogP contribution in [0.2, 0.25) is 0 Å². The van der Waals surface area contributed by atoms with Crippen molar-refractivity contribution in [2.24, 2.45) is 0 Å². The van der Waals surface area contributed by atoms with Crippen LogP contribution in [0.4, 0.5) is 0 Å². The van der Waals surface area contributed by atoms with Crippen LogP contribution < -0.4 is 20.1 Å². The molecule has 0 atom stereocenters. The van der Waals surface area contributed by atoms with E-state index < -0.39 is 11.8 Å². The highest BCUT2D eigenvalue weighted by Gasteiger charge is 2.18. The molecule has 2 amide bonds. The maximum absolute atomic E-state index is 12.9. The van der Waals surface area contributed by atoms with Crippen LogP contribution in [0.15, 0.2) is 83.0 Å². The van der Waals surface area contributed by atoms with Gasteiger partial charge in [-0.1, -0.05) is 48.5 Å². The minimum Gasteiger partial charge on any atom is -0.454 e. The zero-order chi connectivity index (χ0) is 21.6. The lowest BCUT2D eigenvalue weighted by atomic mass is 10.1. The molecule has 3 aromatic rings. The van der Waals surface area contributed by atoms with E-state index in [0.717, 1.165) is 5.56 Å². The SMILES string of the molecule is O=C(NCc1ccccc1)/C(=C\c1ccc2c(c1)OCO2)NC(=O)c1ccccc1Br. The van der Waals surface area contributed by atoms with Crippen molar-refractivity contribution in [3.8, 4) is 11.5 Å². The molecule has 4 rings (SSSR count). The summed E-state index contributed by atoms with van der Waals surface area (Å²) in [5.74, 6) is 0.440. The Morgan fingerprint density at radius 1 is 0.935 bits per heavy atom. The Morgan fingerprint density at radius 3 is 2.48 bits per heavy atom. The molecule has 1 heterocycles. The summed E-state index contributed by atoms with van der Waals surface area (Å²) in [5, 5.41) is 5.59. The van der Waals surface area contributed by atoms with Crippen molar-refractivity contribution in [2.75, 3.05) is 6.79 Å². The molecule has 0 fully saturated rings. The van der Waals surface area contributed by atoms with E-state index in [1.807, 2.05) is 36.4 Å². The molecule has 0 spiro atoms. The Hall–Kier alpha value is -3.58. The molecule has 3 aromatic carbocycles. The zero-order valence-corrected chi connectivity index (χ0v) is 18.0. The Kier molecular flexibility index (Phi) is 6.33. The number of nitrogens with one attached hydrogen (secondary N) is 2. The van der Waals surface area contributed by atoms with Crippen LogP contribution >= 0.6 is 15.9 Å². The molecule has 1 aliphatic heterocycles. The fourth-order valence-electron chi connectivity index (χ4n) is 3.04. The summed E-state index contributed by atoms with van der Waals surface area (Å²) in [6.45, 7) is 0.495. The lowest BCUT2D eigenvalue weighted by molar-refractivity contribution is -0.117. The second-order valence-electron chi connectivity index (χ2n) is 6.77. The highest BCUT2D eigenvalue weighted by Crippen LogP contribution is 2.33. The second kappa shape index (κ2) is 9.49. The van der Waals surface area contributed by atoms with Crippen LogP contribution in [-0.2, 0) is 11.3 Å². The Bertz CT molecular complexity index is 1150. The molecule has 0 saturated heterocycles. The standard InChI is InChI=1S/C24H19BrN2O4/c25-19-9-5-4-8-18(19)23(28)27-20(24(29)26-14-16-6-2-1-3-7-16)12-17-10-11-21-22(13-17)31-15-30-21/h1-13H,14-15H2,(H,26,29)(H,27,28)/b20-12+. The molecule has 2 N–H and O–H groups in total. The molecular formula is C24H19BrN2O4. The van der Waals surface area contributed by atoms with Crippen molar-refractivity contribution < 1.29 is 19.1 Å². The highest BCUT2D eigenvalue weighted by molar-refractivity contribution is 9.10. The van der Waals surface area contributed by atoms with E-state index in [1.165, 1.54) is 0 Å². The van der Waals surface area contributed by atoms with Gasteiger partial charge in [0.1, 0.15) is 5.70 Å². The normalized spacial score (nSPS) is 12.4. The lowest BCUT2D eigenvalue weighted by Gasteiger charge is -2.12. The molecule has 156 valence electrons. The van der Waals surface area contributed by atoms with Gasteiger partial charge in [-0.05, 0) is 57.4 Å². The molecule has 0 bridgehead atoms. The molecule has 0 radical (unpaired) electrons. The first-order valence-corrected chi connectivity index (χ1v) is 10.4. The number of amides is 2. The van der Waals surface area contributed by atoms with E-state index in [1.54, 1.807) is 42.5 Å². The maximum atomic E-state index is 12.9. The largest absolute Gasteiger partial charge is 0.454 e. The number of rotatable bonds is 6. The van der Waals surface area contributed by atoms with Gasteiger partial charge < -0.3 is 20.1 Å². The molecule has 0 aliphatic carbocycles. The monoisotopic (exact) mass is 478 g/mol. The molecule has 31 heavy (non-hydrogen) atoms. The fourth-order valence-corrected chi connectivity index (χ4v) is 3.50. The minimum atomic E-state index is -0.401. The van der Waals surface area contributed by atoms with Crippen molar-refractivity contribution in [2.45, 2.75) is 6.54 Å². The molecule has 1 aliphatic rings. The third-order valence-corrected chi connectivity index (χ3v) is 5.31. The van der Waals surface area contributed by atoms with Crippen molar-refractivity contribution >= 4 is 33.8 Å². The average molecular weight is 479 g/mol. The van der Waals surface area contributed by atoms with E-state index >= 15 is 0 Å². The number of fused-ring (bicyclic) bond motifs is 1. The van der Waals surface area contributed by atoms with Crippen LogP contribution in [0.5, 0.6) is 11.5 Å². The Morgan fingerprint density at radius 2 is 1.68 bits per heavy atom. The molecular weight excluding hydrogens is 460 g/mol. The summed E-state index contributed by atoms with van der Waals surface area (Å²) in [5.41, 5.74) is 2.20. The topological polar surface area (TPSA) is 76.7 Å². The first-order chi connectivity index (χ1) is 15.1. The third-order valence-electron chi connectivity index (χ3n) is 4.61. The highest BCUT2D eigenvalue weighted by atomic mass is 79.9. The van der Waals surface area contributed by atoms with Gasteiger partial charge in [-0.2, -0.15) is 0 Å². The summed E-state index contributed by atoms with van der Waals surface area (Å²) in [4.78, 5) is 25.8.